The van der Waals surface area contributed by atoms with Crippen molar-refractivity contribution in [3.05, 3.63) is 18.4 Å². The number of carbonyl (C=O) groups is 1. The molecule has 2 rings (SSSR count). The highest BCUT2D eigenvalue weighted by atomic mass is 32.2. The lowest BCUT2D eigenvalue weighted by atomic mass is 10.5. The fourth-order valence-corrected chi connectivity index (χ4v) is 1.65. The Kier molecular flexibility index (Phi) is 3.81. The molecule has 0 saturated heterocycles. The van der Waals surface area contributed by atoms with Gasteiger partial charge in [-0.2, -0.15) is 0 Å². The number of esters is 1. The molecule has 0 spiro atoms. The molecule has 2 aromatic rings. The molecule has 0 amide bonds. The molecule has 0 atom stereocenters. The van der Waals surface area contributed by atoms with Gasteiger partial charge in [-0.05, 0) is 19.1 Å². The van der Waals surface area contributed by atoms with Gasteiger partial charge in [0.05, 0.1) is 12.9 Å². The van der Waals surface area contributed by atoms with Crippen molar-refractivity contribution in [3.8, 4) is 11.7 Å². The molecule has 2 aromatic heterocycles. The Morgan fingerprint density at radius 3 is 3.12 bits per heavy atom. The normalized spacial score (nSPS) is 10.4. The number of carbonyl (C=O) groups excluding carboxylic acids is 1. The van der Waals surface area contributed by atoms with Crippen LogP contribution in [0.1, 0.15) is 6.92 Å². The minimum atomic E-state index is -0.310. The summed E-state index contributed by atoms with van der Waals surface area (Å²) < 4.78 is 15.2. The van der Waals surface area contributed by atoms with E-state index in [1.54, 1.807) is 19.1 Å². The first kappa shape index (κ1) is 11.7. The number of hydrogen-bond acceptors (Lipinski definition) is 7. The Morgan fingerprint density at radius 2 is 2.41 bits per heavy atom. The van der Waals surface area contributed by atoms with Gasteiger partial charge in [-0.3, -0.25) is 4.79 Å². The summed E-state index contributed by atoms with van der Waals surface area (Å²) in [6, 6.07) is 3.44. The van der Waals surface area contributed by atoms with Gasteiger partial charge in [-0.15, -0.1) is 10.2 Å². The molecule has 90 valence electrons. The minimum absolute atomic E-state index is 0.146. The molecule has 17 heavy (non-hydrogen) atoms. The SMILES string of the molecule is CCOC(=O)CSc1nnc(-c2ccco2)o1. The number of thioether (sulfide) groups is 1. The first-order valence-electron chi connectivity index (χ1n) is 4.95. The summed E-state index contributed by atoms with van der Waals surface area (Å²) in [5.41, 5.74) is 0. The van der Waals surface area contributed by atoms with E-state index in [4.69, 9.17) is 13.6 Å². The number of rotatable bonds is 5. The van der Waals surface area contributed by atoms with E-state index in [0.717, 1.165) is 11.8 Å². The van der Waals surface area contributed by atoms with Gasteiger partial charge in [0.1, 0.15) is 5.75 Å². The Bertz CT molecular complexity index is 480. The van der Waals surface area contributed by atoms with Crippen LogP contribution in [0, 0.1) is 0 Å². The van der Waals surface area contributed by atoms with Gasteiger partial charge in [0, 0.05) is 0 Å². The van der Waals surface area contributed by atoms with Crippen LogP contribution in [-0.4, -0.2) is 28.5 Å². The molecule has 0 aliphatic rings. The van der Waals surface area contributed by atoms with E-state index in [1.807, 2.05) is 0 Å². The van der Waals surface area contributed by atoms with E-state index in [9.17, 15) is 4.79 Å². The lowest BCUT2D eigenvalue weighted by molar-refractivity contribution is -0.139. The van der Waals surface area contributed by atoms with Gasteiger partial charge < -0.3 is 13.6 Å². The van der Waals surface area contributed by atoms with E-state index in [2.05, 4.69) is 10.2 Å². The number of aromatic nitrogens is 2. The zero-order valence-electron chi connectivity index (χ0n) is 9.08. The highest BCUT2D eigenvalue weighted by Gasteiger charge is 2.12. The van der Waals surface area contributed by atoms with Gasteiger partial charge in [0.25, 0.3) is 11.1 Å². The second kappa shape index (κ2) is 5.53. The topological polar surface area (TPSA) is 78.4 Å². The van der Waals surface area contributed by atoms with Crippen molar-refractivity contribution in [1.82, 2.24) is 10.2 Å². The van der Waals surface area contributed by atoms with Crippen molar-refractivity contribution in [2.75, 3.05) is 12.4 Å². The van der Waals surface area contributed by atoms with Crippen LogP contribution in [0.2, 0.25) is 0 Å². The molecule has 6 nitrogen and oxygen atoms in total. The average molecular weight is 254 g/mol. The number of ether oxygens (including phenoxy) is 1. The minimum Gasteiger partial charge on any atom is -0.465 e. The van der Waals surface area contributed by atoms with E-state index >= 15 is 0 Å². The first-order chi connectivity index (χ1) is 8.29. The van der Waals surface area contributed by atoms with Gasteiger partial charge in [0.2, 0.25) is 0 Å². The molecule has 2 heterocycles. The summed E-state index contributed by atoms with van der Waals surface area (Å²) in [6.45, 7) is 2.12. The van der Waals surface area contributed by atoms with Crippen LogP contribution >= 0.6 is 11.8 Å². The number of hydrogen-bond donors (Lipinski definition) is 0. The maximum absolute atomic E-state index is 11.1. The highest BCUT2D eigenvalue weighted by Crippen LogP contribution is 2.23. The van der Waals surface area contributed by atoms with Crippen LogP contribution < -0.4 is 0 Å². The quantitative estimate of drug-likeness (QED) is 0.596. The maximum Gasteiger partial charge on any atom is 0.316 e. The summed E-state index contributed by atoms with van der Waals surface area (Å²) >= 11 is 1.13. The molecule has 0 aromatic carbocycles. The molecule has 7 heteroatoms. The maximum atomic E-state index is 11.1. The van der Waals surface area contributed by atoms with Crippen LogP contribution in [0.3, 0.4) is 0 Å². The third-order valence-electron chi connectivity index (χ3n) is 1.76. The molecule has 0 unspecified atom stereocenters. The predicted molar refractivity (Wildman–Crippen MR) is 59.4 cm³/mol. The van der Waals surface area contributed by atoms with Crippen molar-refractivity contribution in [3.63, 3.8) is 0 Å². The van der Waals surface area contributed by atoms with E-state index < -0.39 is 0 Å². The lowest BCUT2D eigenvalue weighted by Crippen LogP contribution is -2.06. The zero-order valence-corrected chi connectivity index (χ0v) is 9.90. The molecular weight excluding hydrogens is 244 g/mol. The molecule has 0 aliphatic heterocycles. The average Bonchev–Trinajstić information content (AvgIpc) is 2.97. The summed E-state index contributed by atoms with van der Waals surface area (Å²) in [6.07, 6.45) is 1.52. The van der Waals surface area contributed by atoms with E-state index in [0.29, 0.717) is 23.5 Å². The molecule has 0 radical (unpaired) electrons. The van der Waals surface area contributed by atoms with Crippen molar-refractivity contribution in [2.24, 2.45) is 0 Å². The smallest absolute Gasteiger partial charge is 0.316 e. The van der Waals surface area contributed by atoms with E-state index in [1.165, 1.54) is 6.26 Å². The molecule has 0 N–H and O–H groups in total. The van der Waals surface area contributed by atoms with Gasteiger partial charge in [-0.1, -0.05) is 11.8 Å². The molecule has 0 fully saturated rings. The molecule has 0 bridgehead atoms. The van der Waals surface area contributed by atoms with Crippen LogP contribution in [0.4, 0.5) is 0 Å². The standard InChI is InChI=1S/C10H10N2O4S/c1-2-14-8(13)6-17-10-12-11-9(16-10)7-4-3-5-15-7/h3-5H,2,6H2,1H3. The lowest BCUT2D eigenvalue weighted by Gasteiger charge is -1.97. The Balaban J connectivity index is 1.93. The van der Waals surface area contributed by atoms with Gasteiger partial charge in [0.15, 0.2) is 5.76 Å². The van der Waals surface area contributed by atoms with Crippen LogP contribution in [0.25, 0.3) is 11.7 Å². The van der Waals surface area contributed by atoms with Crippen LogP contribution in [-0.2, 0) is 9.53 Å². The van der Waals surface area contributed by atoms with Gasteiger partial charge in [-0.25, -0.2) is 0 Å². The largest absolute Gasteiger partial charge is 0.465 e. The van der Waals surface area contributed by atoms with Crippen LogP contribution in [0.15, 0.2) is 32.5 Å². The highest BCUT2D eigenvalue weighted by molar-refractivity contribution is 7.99. The third-order valence-corrected chi connectivity index (χ3v) is 2.55. The third kappa shape index (κ3) is 3.10. The van der Waals surface area contributed by atoms with Crippen molar-refractivity contribution in [2.45, 2.75) is 12.1 Å². The van der Waals surface area contributed by atoms with Crippen molar-refractivity contribution >= 4 is 17.7 Å². The number of nitrogens with zero attached hydrogens (tertiary/aromatic N) is 2. The van der Waals surface area contributed by atoms with Gasteiger partial charge >= 0.3 is 5.97 Å². The molecule has 0 aliphatic carbocycles. The first-order valence-corrected chi connectivity index (χ1v) is 5.94. The molecular formula is C10H10N2O4S. The monoisotopic (exact) mass is 254 g/mol. The predicted octanol–water partition coefficient (Wildman–Crippen LogP) is 1.98. The Hall–Kier alpha value is -1.76. The Morgan fingerprint density at radius 1 is 1.53 bits per heavy atom. The second-order valence-corrected chi connectivity index (χ2v) is 3.87. The summed E-state index contributed by atoms with van der Waals surface area (Å²) in [4.78, 5) is 11.1. The van der Waals surface area contributed by atoms with Crippen molar-refractivity contribution in [1.29, 1.82) is 0 Å². The fourth-order valence-electron chi connectivity index (χ4n) is 1.09. The molecule has 0 saturated carbocycles. The Labute approximate surface area is 101 Å². The zero-order chi connectivity index (χ0) is 12.1. The summed E-state index contributed by atoms with van der Waals surface area (Å²) in [5.74, 6) is 0.630. The second-order valence-electron chi connectivity index (χ2n) is 2.94. The van der Waals surface area contributed by atoms with E-state index in [-0.39, 0.29) is 11.7 Å². The fraction of sp³-hybridized carbons (Fsp3) is 0.300. The summed E-state index contributed by atoms with van der Waals surface area (Å²) in [5, 5.41) is 7.89. The van der Waals surface area contributed by atoms with Crippen molar-refractivity contribution < 1.29 is 18.4 Å². The van der Waals surface area contributed by atoms with Crippen LogP contribution in [0.5, 0.6) is 0 Å². The number of furan rings is 1. The summed E-state index contributed by atoms with van der Waals surface area (Å²) in [7, 11) is 0.